The molecule has 31 heavy (non-hydrogen) atoms. The average molecular weight is 443 g/mol. The molecule has 0 bridgehead atoms. The first-order valence-corrected chi connectivity index (χ1v) is 12.5. The Labute approximate surface area is 181 Å². The van der Waals surface area contributed by atoms with Crippen LogP contribution in [0.3, 0.4) is 0 Å². The Hall–Kier alpha value is -2.49. The summed E-state index contributed by atoms with van der Waals surface area (Å²) >= 11 is 0. The standard InChI is InChI=1S/C22H26N4O4S/c27-31(28,15-19-2-1-9-30-19)14-18-13-21(26-7-10-29-11-8-26)25-22(24-18)17-3-4-20-16(12-17)5-6-23-20/h3-6,12-13,19,23H,1-2,7-11,14-15H2. The number of morpholine rings is 1. The number of nitrogens with one attached hydrogen (secondary N) is 1. The van der Waals surface area contributed by atoms with E-state index in [1.54, 1.807) is 6.07 Å². The van der Waals surface area contributed by atoms with E-state index in [1.807, 2.05) is 30.5 Å². The van der Waals surface area contributed by atoms with Gasteiger partial charge >= 0.3 is 0 Å². The molecule has 1 unspecified atom stereocenters. The minimum atomic E-state index is -3.35. The number of fused-ring (bicyclic) bond motifs is 1. The molecule has 0 aliphatic carbocycles. The van der Waals surface area contributed by atoms with Crippen molar-refractivity contribution in [3.05, 3.63) is 42.2 Å². The van der Waals surface area contributed by atoms with Gasteiger partial charge in [0.15, 0.2) is 15.7 Å². The van der Waals surface area contributed by atoms with Crippen molar-refractivity contribution in [2.24, 2.45) is 0 Å². The summed E-state index contributed by atoms with van der Waals surface area (Å²) in [6, 6.07) is 9.77. The Kier molecular flexibility index (Phi) is 5.64. The third-order valence-electron chi connectivity index (χ3n) is 5.74. The third-order valence-corrected chi connectivity index (χ3v) is 7.36. The van der Waals surface area contributed by atoms with Crippen molar-refractivity contribution in [2.75, 3.05) is 43.6 Å². The van der Waals surface area contributed by atoms with Crippen LogP contribution in [0.4, 0.5) is 5.82 Å². The van der Waals surface area contributed by atoms with Crippen molar-refractivity contribution in [3.63, 3.8) is 0 Å². The fourth-order valence-electron chi connectivity index (χ4n) is 4.18. The zero-order valence-corrected chi connectivity index (χ0v) is 18.1. The second-order valence-corrected chi connectivity index (χ2v) is 10.2. The summed E-state index contributed by atoms with van der Waals surface area (Å²) in [7, 11) is -3.35. The maximum Gasteiger partial charge on any atom is 0.161 e. The van der Waals surface area contributed by atoms with Crippen molar-refractivity contribution < 1.29 is 17.9 Å². The summed E-state index contributed by atoms with van der Waals surface area (Å²) in [5.41, 5.74) is 2.41. The van der Waals surface area contributed by atoms with Gasteiger partial charge in [0.1, 0.15) is 5.82 Å². The van der Waals surface area contributed by atoms with Crippen LogP contribution in [-0.4, -0.2) is 68.1 Å². The number of rotatable bonds is 6. The zero-order valence-electron chi connectivity index (χ0n) is 17.3. The van der Waals surface area contributed by atoms with Crippen LogP contribution in [0.2, 0.25) is 0 Å². The van der Waals surface area contributed by atoms with E-state index in [1.165, 1.54) is 0 Å². The van der Waals surface area contributed by atoms with Crippen LogP contribution in [0.25, 0.3) is 22.3 Å². The van der Waals surface area contributed by atoms with Crippen molar-refractivity contribution in [3.8, 4) is 11.4 Å². The number of aromatic nitrogens is 3. The van der Waals surface area contributed by atoms with Gasteiger partial charge in [-0.15, -0.1) is 0 Å². The van der Waals surface area contributed by atoms with Crippen molar-refractivity contribution in [1.82, 2.24) is 15.0 Å². The number of aromatic amines is 1. The average Bonchev–Trinajstić information content (AvgIpc) is 3.44. The van der Waals surface area contributed by atoms with Crippen LogP contribution >= 0.6 is 0 Å². The van der Waals surface area contributed by atoms with Gasteiger partial charge in [-0.05, 0) is 37.1 Å². The minimum Gasteiger partial charge on any atom is -0.378 e. The number of nitrogens with zero attached hydrogens (tertiary/aromatic N) is 3. The molecule has 2 aromatic heterocycles. The summed E-state index contributed by atoms with van der Waals surface area (Å²) in [6.45, 7) is 3.33. The summed E-state index contributed by atoms with van der Waals surface area (Å²) in [5.74, 6) is 1.19. The van der Waals surface area contributed by atoms with Gasteiger partial charge in [-0.1, -0.05) is 0 Å². The Bertz CT molecular complexity index is 1170. The van der Waals surface area contributed by atoms with E-state index >= 15 is 0 Å². The van der Waals surface area contributed by atoms with Crippen molar-refractivity contribution in [1.29, 1.82) is 0 Å². The molecule has 1 N–H and O–H groups in total. The second-order valence-electron chi connectivity index (χ2n) is 8.11. The Morgan fingerprint density at radius 2 is 1.97 bits per heavy atom. The van der Waals surface area contributed by atoms with Gasteiger partial charge in [0.2, 0.25) is 0 Å². The van der Waals surface area contributed by atoms with E-state index in [0.717, 1.165) is 48.2 Å². The Morgan fingerprint density at radius 3 is 2.77 bits per heavy atom. The molecular weight excluding hydrogens is 416 g/mol. The lowest BCUT2D eigenvalue weighted by atomic mass is 10.1. The van der Waals surface area contributed by atoms with E-state index in [2.05, 4.69) is 14.9 Å². The number of hydrogen-bond acceptors (Lipinski definition) is 7. The van der Waals surface area contributed by atoms with Gasteiger partial charge in [-0.3, -0.25) is 0 Å². The normalized spacial score (nSPS) is 19.9. The molecule has 4 heterocycles. The lowest BCUT2D eigenvalue weighted by Crippen LogP contribution is -2.37. The van der Waals surface area contributed by atoms with Gasteiger partial charge < -0.3 is 19.4 Å². The maximum absolute atomic E-state index is 12.9. The Morgan fingerprint density at radius 1 is 1.10 bits per heavy atom. The van der Waals surface area contributed by atoms with Gasteiger partial charge in [-0.2, -0.15) is 0 Å². The van der Waals surface area contributed by atoms with Crippen LogP contribution in [0.5, 0.6) is 0 Å². The predicted octanol–water partition coefficient (Wildman–Crippen LogP) is 2.56. The number of anilines is 1. The van der Waals surface area contributed by atoms with E-state index in [4.69, 9.17) is 14.5 Å². The van der Waals surface area contributed by atoms with Crippen LogP contribution < -0.4 is 4.90 Å². The molecule has 0 radical (unpaired) electrons. The molecular formula is C22H26N4O4S. The fraction of sp³-hybridized carbons (Fsp3) is 0.455. The molecule has 2 saturated heterocycles. The molecule has 9 heteroatoms. The van der Waals surface area contributed by atoms with Gasteiger partial charge in [0, 0.05) is 48.4 Å². The Balaban J connectivity index is 1.49. The molecule has 1 aromatic carbocycles. The summed E-state index contributed by atoms with van der Waals surface area (Å²) in [6.07, 6.45) is 3.40. The van der Waals surface area contributed by atoms with E-state index in [0.29, 0.717) is 31.3 Å². The smallest absolute Gasteiger partial charge is 0.161 e. The van der Waals surface area contributed by atoms with Crippen molar-refractivity contribution in [2.45, 2.75) is 24.7 Å². The zero-order chi connectivity index (χ0) is 21.3. The first-order valence-electron chi connectivity index (χ1n) is 10.7. The van der Waals surface area contributed by atoms with Crippen LogP contribution in [-0.2, 0) is 25.1 Å². The quantitative estimate of drug-likeness (QED) is 0.627. The molecule has 5 rings (SSSR count). The lowest BCUT2D eigenvalue weighted by Gasteiger charge is -2.28. The summed E-state index contributed by atoms with van der Waals surface area (Å²) in [5, 5.41) is 1.06. The molecule has 164 valence electrons. The number of benzene rings is 1. The monoisotopic (exact) mass is 442 g/mol. The number of sulfone groups is 1. The number of ether oxygens (including phenoxy) is 2. The maximum atomic E-state index is 12.9. The largest absolute Gasteiger partial charge is 0.378 e. The van der Waals surface area contributed by atoms with Crippen LogP contribution in [0.1, 0.15) is 18.5 Å². The fourth-order valence-corrected chi connectivity index (χ4v) is 5.72. The molecule has 2 fully saturated rings. The second kappa shape index (κ2) is 8.57. The summed E-state index contributed by atoms with van der Waals surface area (Å²) in [4.78, 5) is 14.7. The highest BCUT2D eigenvalue weighted by Gasteiger charge is 2.25. The topological polar surface area (TPSA) is 97.4 Å². The predicted molar refractivity (Wildman–Crippen MR) is 119 cm³/mol. The summed E-state index contributed by atoms with van der Waals surface area (Å²) < 4.78 is 36.7. The molecule has 1 atom stereocenters. The number of H-pyrrole nitrogens is 1. The molecule has 3 aromatic rings. The molecule has 2 aliphatic heterocycles. The highest BCUT2D eigenvalue weighted by atomic mass is 32.2. The van der Waals surface area contributed by atoms with Crippen LogP contribution in [0.15, 0.2) is 36.5 Å². The molecule has 0 saturated carbocycles. The van der Waals surface area contributed by atoms with E-state index in [9.17, 15) is 8.42 Å². The number of hydrogen-bond donors (Lipinski definition) is 1. The van der Waals surface area contributed by atoms with E-state index in [-0.39, 0.29) is 17.6 Å². The van der Waals surface area contributed by atoms with Crippen LogP contribution in [0, 0.1) is 0 Å². The highest BCUT2D eigenvalue weighted by molar-refractivity contribution is 7.90. The highest BCUT2D eigenvalue weighted by Crippen LogP contribution is 2.25. The molecule has 8 nitrogen and oxygen atoms in total. The molecule has 0 spiro atoms. The van der Waals surface area contributed by atoms with E-state index < -0.39 is 9.84 Å². The van der Waals surface area contributed by atoms with Gasteiger partial charge in [-0.25, -0.2) is 18.4 Å². The molecule has 0 amide bonds. The lowest BCUT2D eigenvalue weighted by molar-refractivity contribution is 0.122. The SMILES string of the molecule is O=S(=O)(Cc1cc(N2CCOCC2)nc(-c2ccc3[nH]ccc3c2)n1)CC1CCCO1. The minimum absolute atomic E-state index is 0.0362. The van der Waals surface area contributed by atoms with Gasteiger partial charge in [0.05, 0.1) is 36.5 Å². The third kappa shape index (κ3) is 4.73. The first kappa shape index (κ1) is 20.4. The van der Waals surface area contributed by atoms with Gasteiger partial charge in [0.25, 0.3) is 0 Å². The molecule has 2 aliphatic rings. The van der Waals surface area contributed by atoms with Crippen molar-refractivity contribution >= 4 is 26.6 Å². The first-order chi connectivity index (χ1) is 15.1.